The van der Waals surface area contributed by atoms with Crippen molar-refractivity contribution in [2.45, 2.75) is 64.7 Å². The maximum Gasteiger partial charge on any atom is 0.251 e. The summed E-state index contributed by atoms with van der Waals surface area (Å²) in [6.07, 6.45) is 6.80. The summed E-state index contributed by atoms with van der Waals surface area (Å²) in [5.74, 6) is 0.677. The van der Waals surface area contributed by atoms with E-state index < -0.39 is 9.84 Å². The molecule has 1 N–H and O–H groups in total. The molecule has 0 bridgehead atoms. The van der Waals surface area contributed by atoms with Gasteiger partial charge in [-0.1, -0.05) is 39.3 Å². The maximum atomic E-state index is 12.4. The third-order valence-electron chi connectivity index (χ3n) is 5.72. The first-order valence-corrected chi connectivity index (χ1v) is 11.2. The largest absolute Gasteiger partial charge is 0.349 e. The number of hydrogen-bond acceptors (Lipinski definition) is 3. The summed E-state index contributed by atoms with van der Waals surface area (Å²) in [5.41, 5.74) is 1.68. The summed E-state index contributed by atoms with van der Waals surface area (Å²) in [5, 5.41) is 3.14. The molecule has 0 heterocycles. The number of amides is 1. The van der Waals surface area contributed by atoms with Crippen LogP contribution in [0.4, 0.5) is 0 Å². The van der Waals surface area contributed by atoms with Gasteiger partial charge in [0.05, 0.1) is 5.75 Å². The van der Waals surface area contributed by atoms with Crippen LogP contribution in [-0.2, 0) is 15.6 Å². The van der Waals surface area contributed by atoms with Crippen LogP contribution in [0.5, 0.6) is 0 Å². The first kappa shape index (κ1) is 20.0. The zero-order valence-electron chi connectivity index (χ0n) is 15.8. The second kappa shape index (κ2) is 7.90. The second-order valence-electron chi connectivity index (χ2n) is 8.13. The molecule has 1 aliphatic carbocycles. The Hall–Kier alpha value is -1.36. The van der Waals surface area contributed by atoms with Crippen molar-refractivity contribution in [2.24, 2.45) is 11.3 Å². The SMILES string of the molecule is CCC(C)(C)C1CCC(NC(=O)c2ccc(CS(C)(=O)=O)cc2)CC1. The molecule has 0 spiro atoms. The van der Waals surface area contributed by atoms with E-state index in [1.54, 1.807) is 24.3 Å². The predicted molar refractivity (Wildman–Crippen MR) is 102 cm³/mol. The monoisotopic (exact) mass is 365 g/mol. The lowest BCUT2D eigenvalue weighted by molar-refractivity contribution is 0.0893. The van der Waals surface area contributed by atoms with Crippen molar-refractivity contribution in [2.75, 3.05) is 6.26 Å². The summed E-state index contributed by atoms with van der Waals surface area (Å²) in [4.78, 5) is 12.4. The van der Waals surface area contributed by atoms with Gasteiger partial charge in [-0.2, -0.15) is 0 Å². The Kier molecular flexibility index (Phi) is 6.30. The van der Waals surface area contributed by atoms with Crippen LogP contribution in [0, 0.1) is 11.3 Å². The number of carbonyl (C=O) groups excluding carboxylic acids is 1. The smallest absolute Gasteiger partial charge is 0.251 e. The van der Waals surface area contributed by atoms with Gasteiger partial charge in [0.2, 0.25) is 0 Å². The number of hydrogen-bond donors (Lipinski definition) is 1. The molecule has 1 amide bonds. The maximum absolute atomic E-state index is 12.4. The highest BCUT2D eigenvalue weighted by atomic mass is 32.2. The van der Waals surface area contributed by atoms with Gasteiger partial charge < -0.3 is 5.32 Å². The molecule has 0 aromatic heterocycles. The van der Waals surface area contributed by atoms with E-state index in [-0.39, 0.29) is 17.7 Å². The average Bonchev–Trinajstić information content (AvgIpc) is 2.54. The summed E-state index contributed by atoms with van der Waals surface area (Å²) < 4.78 is 22.6. The van der Waals surface area contributed by atoms with E-state index in [1.165, 1.54) is 25.5 Å². The van der Waals surface area contributed by atoms with Crippen LogP contribution in [0.15, 0.2) is 24.3 Å². The Morgan fingerprint density at radius 2 is 1.68 bits per heavy atom. The van der Waals surface area contributed by atoms with Crippen molar-refractivity contribution in [1.29, 1.82) is 0 Å². The van der Waals surface area contributed by atoms with Crippen molar-refractivity contribution in [3.8, 4) is 0 Å². The van der Waals surface area contributed by atoms with Gasteiger partial charge in [0.25, 0.3) is 5.91 Å². The predicted octanol–water partition coefficient (Wildman–Crippen LogP) is 3.96. The number of nitrogens with one attached hydrogen (secondary N) is 1. The molecule has 0 unspecified atom stereocenters. The topological polar surface area (TPSA) is 63.2 Å². The van der Waals surface area contributed by atoms with Gasteiger partial charge in [0.1, 0.15) is 0 Å². The first-order chi connectivity index (χ1) is 11.6. The van der Waals surface area contributed by atoms with E-state index in [4.69, 9.17) is 0 Å². The fourth-order valence-corrected chi connectivity index (χ4v) is 4.43. The third-order valence-corrected chi connectivity index (χ3v) is 6.58. The molecule has 4 nitrogen and oxygen atoms in total. The number of sulfone groups is 1. The molecule has 0 aliphatic heterocycles. The highest BCUT2D eigenvalue weighted by Crippen LogP contribution is 2.40. The van der Waals surface area contributed by atoms with Crippen molar-refractivity contribution >= 4 is 15.7 Å². The lowest BCUT2D eigenvalue weighted by atomic mass is 9.69. The minimum atomic E-state index is -3.05. The molecule has 0 radical (unpaired) electrons. The third kappa shape index (κ3) is 5.84. The van der Waals surface area contributed by atoms with Gasteiger partial charge >= 0.3 is 0 Å². The van der Waals surface area contributed by atoms with E-state index in [0.717, 1.165) is 18.8 Å². The Morgan fingerprint density at radius 1 is 1.12 bits per heavy atom. The van der Waals surface area contributed by atoms with Gasteiger partial charge in [-0.3, -0.25) is 4.79 Å². The molecular formula is C20H31NO3S. The molecule has 140 valence electrons. The van der Waals surface area contributed by atoms with E-state index in [0.29, 0.717) is 16.5 Å². The molecule has 1 aromatic carbocycles. The van der Waals surface area contributed by atoms with E-state index in [1.807, 2.05) is 0 Å². The Balaban J connectivity index is 1.89. The minimum absolute atomic E-state index is 0.00608. The molecule has 1 fully saturated rings. The van der Waals surface area contributed by atoms with Crippen LogP contribution < -0.4 is 5.32 Å². The Morgan fingerprint density at radius 3 is 2.16 bits per heavy atom. The van der Waals surface area contributed by atoms with Crippen LogP contribution in [0.2, 0.25) is 0 Å². The fraction of sp³-hybridized carbons (Fsp3) is 0.650. The second-order valence-corrected chi connectivity index (χ2v) is 10.3. The van der Waals surface area contributed by atoms with Crippen LogP contribution in [-0.4, -0.2) is 26.6 Å². The quantitative estimate of drug-likeness (QED) is 0.830. The zero-order valence-corrected chi connectivity index (χ0v) is 16.7. The fourth-order valence-electron chi connectivity index (χ4n) is 3.63. The summed E-state index contributed by atoms with van der Waals surface area (Å²) in [6, 6.07) is 7.10. The minimum Gasteiger partial charge on any atom is -0.349 e. The summed E-state index contributed by atoms with van der Waals surface area (Å²) >= 11 is 0. The lowest BCUT2D eigenvalue weighted by Crippen LogP contribution is -2.39. The van der Waals surface area contributed by atoms with Gasteiger partial charge in [-0.25, -0.2) is 8.42 Å². The molecule has 0 atom stereocenters. The first-order valence-electron chi connectivity index (χ1n) is 9.18. The van der Waals surface area contributed by atoms with Crippen LogP contribution in [0.1, 0.15) is 68.8 Å². The van der Waals surface area contributed by atoms with Crippen molar-refractivity contribution in [3.05, 3.63) is 35.4 Å². The van der Waals surface area contributed by atoms with Gasteiger partial charge in [-0.05, 0) is 54.7 Å². The van der Waals surface area contributed by atoms with Crippen LogP contribution in [0.3, 0.4) is 0 Å². The number of rotatable bonds is 6. The Labute approximate surface area is 152 Å². The molecule has 5 heteroatoms. The van der Waals surface area contributed by atoms with E-state index in [2.05, 4.69) is 26.1 Å². The number of benzene rings is 1. The van der Waals surface area contributed by atoms with E-state index >= 15 is 0 Å². The molecule has 1 saturated carbocycles. The zero-order chi connectivity index (χ0) is 18.7. The highest BCUT2D eigenvalue weighted by Gasteiger charge is 2.32. The molecule has 1 aliphatic rings. The van der Waals surface area contributed by atoms with Crippen LogP contribution >= 0.6 is 0 Å². The van der Waals surface area contributed by atoms with Crippen LogP contribution in [0.25, 0.3) is 0 Å². The standard InChI is InChI=1S/C20H31NO3S/c1-5-20(2,3)17-10-12-18(13-11-17)21-19(22)16-8-6-15(7-9-16)14-25(4,23)24/h6-9,17-18H,5,10-14H2,1-4H3,(H,21,22). The molecule has 2 rings (SSSR count). The lowest BCUT2D eigenvalue weighted by Gasteiger charge is -2.39. The molecule has 0 saturated heterocycles. The molecule has 1 aromatic rings. The average molecular weight is 366 g/mol. The summed E-state index contributed by atoms with van der Waals surface area (Å²) in [6.45, 7) is 6.94. The normalized spacial score (nSPS) is 21.8. The van der Waals surface area contributed by atoms with Gasteiger partial charge in [0.15, 0.2) is 9.84 Å². The molecular weight excluding hydrogens is 334 g/mol. The summed E-state index contributed by atoms with van der Waals surface area (Å²) in [7, 11) is -3.05. The highest BCUT2D eigenvalue weighted by molar-refractivity contribution is 7.89. The van der Waals surface area contributed by atoms with Crippen molar-refractivity contribution in [3.63, 3.8) is 0 Å². The van der Waals surface area contributed by atoms with E-state index in [9.17, 15) is 13.2 Å². The van der Waals surface area contributed by atoms with Crippen molar-refractivity contribution < 1.29 is 13.2 Å². The molecule has 25 heavy (non-hydrogen) atoms. The van der Waals surface area contributed by atoms with Gasteiger partial charge in [-0.15, -0.1) is 0 Å². The van der Waals surface area contributed by atoms with Gasteiger partial charge in [0, 0.05) is 17.9 Å². The van der Waals surface area contributed by atoms with Crippen molar-refractivity contribution in [1.82, 2.24) is 5.32 Å². The Bertz CT molecular complexity index is 684. The number of carbonyl (C=O) groups is 1.